The van der Waals surface area contributed by atoms with Crippen LogP contribution in [0.3, 0.4) is 0 Å². The van der Waals surface area contributed by atoms with Gasteiger partial charge in [0.2, 0.25) is 0 Å². The van der Waals surface area contributed by atoms with Crippen LogP contribution in [0.15, 0.2) is 22.7 Å². The maximum atomic E-state index is 3.65. The van der Waals surface area contributed by atoms with Crippen molar-refractivity contribution in [3.05, 3.63) is 33.8 Å². The molecule has 1 N–H and O–H groups in total. The quantitative estimate of drug-likeness (QED) is 0.901. The lowest BCUT2D eigenvalue weighted by atomic mass is 10.1. The number of piperazine rings is 1. The van der Waals surface area contributed by atoms with Crippen molar-refractivity contribution >= 4 is 28.3 Å². The summed E-state index contributed by atoms with van der Waals surface area (Å²) in [5.74, 6) is 0. The van der Waals surface area contributed by atoms with E-state index in [4.69, 9.17) is 0 Å². The van der Waals surface area contributed by atoms with Gasteiger partial charge < -0.3 is 5.32 Å². The fraction of sp³-hybridized carbons (Fsp3) is 0.538. The molecule has 0 aliphatic carbocycles. The molecule has 0 unspecified atom stereocenters. The molecule has 0 saturated carbocycles. The molecule has 96 valence electrons. The zero-order chi connectivity index (χ0) is 11.5. The van der Waals surface area contributed by atoms with Gasteiger partial charge in [-0.25, -0.2) is 0 Å². The van der Waals surface area contributed by atoms with E-state index in [0.717, 1.165) is 26.2 Å². The molecular formula is C13H20BrClN2. The second-order valence-corrected chi connectivity index (χ2v) is 5.54. The van der Waals surface area contributed by atoms with Crippen LogP contribution in [0.5, 0.6) is 0 Å². The van der Waals surface area contributed by atoms with E-state index in [1.807, 2.05) is 0 Å². The van der Waals surface area contributed by atoms with Crippen molar-refractivity contribution in [1.82, 2.24) is 10.2 Å². The second-order valence-electron chi connectivity index (χ2n) is 4.69. The molecule has 0 aromatic heterocycles. The average Bonchev–Trinajstić information content (AvgIpc) is 2.22. The number of rotatable bonds is 2. The first-order valence-electron chi connectivity index (χ1n) is 5.86. The molecular weight excluding hydrogens is 300 g/mol. The van der Waals surface area contributed by atoms with E-state index < -0.39 is 0 Å². The van der Waals surface area contributed by atoms with Crippen molar-refractivity contribution in [2.45, 2.75) is 26.4 Å². The maximum Gasteiger partial charge on any atom is 0.0246 e. The van der Waals surface area contributed by atoms with Gasteiger partial charge in [0.15, 0.2) is 0 Å². The predicted molar refractivity (Wildman–Crippen MR) is 78.9 cm³/mol. The van der Waals surface area contributed by atoms with Crippen molar-refractivity contribution in [2.75, 3.05) is 19.6 Å². The predicted octanol–water partition coefficient (Wildman–Crippen LogP) is 2.97. The molecule has 1 atom stereocenters. The molecule has 2 rings (SSSR count). The summed E-state index contributed by atoms with van der Waals surface area (Å²) in [5.41, 5.74) is 2.70. The number of benzene rings is 1. The van der Waals surface area contributed by atoms with Gasteiger partial charge in [-0.2, -0.15) is 0 Å². The SMILES string of the molecule is Cc1ccc(CN2CCN[C@H](C)C2)c(Br)c1.Cl. The van der Waals surface area contributed by atoms with Crippen LogP contribution in [0, 0.1) is 6.92 Å². The van der Waals surface area contributed by atoms with Crippen LogP contribution in [0.2, 0.25) is 0 Å². The topological polar surface area (TPSA) is 15.3 Å². The normalized spacial score (nSPS) is 21.0. The first-order valence-corrected chi connectivity index (χ1v) is 6.65. The molecule has 0 bridgehead atoms. The van der Waals surface area contributed by atoms with Crippen LogP contribution in [0.1, 0.15) is 18.1 Å². The highest BCUT2D eigenvalue weighted by Crippen LogP contribution is 2.20. The first kappa shape index (κ1) is 15.0. The van der Waals surface area contributed by atoms with Gasteiger partial charge in [0.1, 0.15) is 0 Å². The summed E-state index contributed by atoms with van der Waals surface area (Å²) in [5, 5.41) is 3.47. The number of aryl methyl sites for hydroxylation is 1. The molecule has 1 heterocycles. The van der Waals surface area contributed by atoms with Crippen LogP contribution in [-0.4, -0.2) is 30.6 Å². The van der Waals surface area contributed by atoms with Crippen molar-refractivity contribution in [3.63, 3.8) is 0 Å². The Morgan fingerprint density at radius 3 is 2.88 bits per heavy atom. The van der Waals surface area contributed by atoms with E-state index in [0.29, 0.717) is 6.04 Å². The summed E-state index contributed by atoms with van der Waals surface area (Å²) in [6.07, 6.45) is 0. The largest absolute Gasteiger partial charge is 0.312 e. The van der Waals surface area contributed by atoms with Gasteiger partial charge in [0.05, 0.1) is 0 Å². The van der Waals surface area contributed by atoms with E-state index >= 15 is 0 Å². The molecule has 0 radical (unpaired) electrons. The minimum absolute atomic E-state index is 0. The summed E-state index contributed by atoms with van der Waals surface area (Å²) < 4.78 is 1.23. The highest BCUT2D eigenvalue weighted by Gasteiger charge is 2.16. The van der Waals surface area contributed by atoms with Crippen LogP contribution in [0.4, 0.5) is 0 Å². The monoisotopic (exact) mass is 318 g/mol. The lowest BCUT2D eigenvalue weighted by molar-refractivity contribution is 0.199. The lowest BCUT2D eigenvalue weighted by Gasteiger charge is -2.32. The molecule has 1 aliphatic heterocycles. The molecule has 1 aromatic rings. The molecule has 0 amide bonds. The Bertz CT molecular complexity index is 370. The highest BCUT2D eigenvalue weighted by molar-refractivity contribution is 9.10. The summed E-state index contributed by atoms with van der Waals surface area (Å²) in [7, 11) is 0. The fourth-order valence-corrected chi connectivity index (χ4v) is 2.80. The Hall–Kier alpha value is -0.0900. The average molecular weight is 320 g/mol. The fourth-order valence-electron chi connectivity index (χ4n) is 2.18. The number of hydrogen-bond donors (Lipinski definition) is 1. The third-order valence-corrected chi connectivity index (χ3v) is 3.79. The standard InChI is InChI=1S/C13H19BrN2.ClH/c1-10-3-4-12(13(14)7-10)9-16-6-5-15-11(2)8-16;/h3-4,7,11,15H,5-6,8-9H2,1-2H3;1H/t11-;/m1./s1. The molecule has 1 saturated heterocycles. The van der Waals surface area contributed by atoms with Gasteiger partial charge in [-0.15, -0.1) is 12.4 Å². The third kappa shape index (κ3) is 4.25. The van der Waals surface area contributed by atoms with E-state index in [1.165, 1.54) is 15.6 Å². The van der Waals surface area contributed by atoms with Gasteiger partial charge in [-0.05, 0) is 31.0 Å². The van der Waals surface area contributed by atoms with E-state index in [1.54, 1.807) is 0 Å². The summed E-state index contributed by atoms with van der Waals surface area (Å²) >= 11 is 3.65. The van der Waals surface area contributed by atoms with E-state index in [2.05, 4.69) is 58.2 Å². The Morgan fingerprint density at radius 2 is 2.24 bits per heavy atom. The van der Waals surface area contributed by atoms with E-state index in [9.17, 15) is 0 Å². The number of nitrogens with one attached hydrogen (secondary N) is 1. The Labute approximate surface area is 118 Å². The minimum Gasteiger partial charge on any atom is -0.312 e. The van der Waals surface area contributed by atoms with Crippen LogP contribution < -0.4 is 5.32 Å². The third-order valence-electron chi connectivity index (χ3n) is 3.06. The van der Waals surface area contributed by atoms with E-state index in [-0.39, 0.29) is 12.4 Å². The van der Waals surface area contributed by atoms with Gasteiger partial charge >= 0.3 is 0 Å². The van der Waals surface area contributed by atoms with Gasteiger partial charge in [-0.3, -0.25) is 4.90 Å². The van der Waals surface area contributed by atoms with Crippen LogP contribution in [0.25, 0.3) is 0 Å². The molecule has 17 heavy (non-hydrogen) atoms. The Morgan fingerprint density at radius 1 is 1.47 bits per heavy atom. The number of hydrogen-bond acceptors (Lipinski definition) is 2. The second kappa shape index (κ2) is 6.74. The van der Waals surface area contributed by atoms with Crippen LogP contribution >= 0.6 is 28.3 Å². The summed E-state index contributed by atoms with van der Waals surface area (Å²) in [6.45, 7) is 8.81. The zero-order valence-corrected chi connectivity index (χ0v) is 12.8. The summed E-state index contributed by atoms with van der Waals surface area (Å²) in [6, 6.07) is 7.22. The van der Waals surface area contributed by atoms with Gasteiger partial charge in [0.25, 0.3) is 0 Å². The Kier molecular flexibility index (Phi) is 5.93. The molecule has 1 aromatic carbocycles. The van der Waals surface area contributed by atoms with Crippen molar-refractivity contribution in [2.24, 2.45) is 0 Å². The number of halogens is 2. The maximum absolute atomic E-state index is 3.65. The minimum atomic E-state index is 0. The molecule has 2 nitrogen and oxygen atoms in total. The van der Waals surface area contributed by atoms with Crippen molar-refractivity contribution < 1.29 is 0 Å². The van der Waals surface area contributed by atoms with Crippen LogP contribution in [-0.2, 0) is 6.54 Å². The zero-order valence-electron chi connectivity index (χ0n) is 10.4. The van der Waals surface area contributed by atoms with Crippen molar-refractivity contribution in [1.29, 1.82) is 0 Å². The number of nitrogens with zero attached hydrogens (tertiary/aromatic N) is 1. The van der Waals surface area contributed by atoms with Crippen molar-refractivity contribution in [3.8, 4) is 0 Å². The summed E-state index contributed by atoms with van der Waals surface area (Å²) in [4.78, 5) is 2.51. The van der Waals surface area contributed by atoms with Gasteiger partial charge in [-0.1, -0.05) is 28.1 Å². The lowest BCUT2D eigenvalue weighted by Crippen LogP contribution is -2.48. The highest BCUT2D eigenvalue weighted by atomic mass is 79.9. The molecule has 4 heteroatoms. The molecule has 1 fully saturated rings. The van der Waals surface area contributed by atoms with Gasteiger partial charge in [0, 0.05) is 36.7 Å². The molecule has 0 spiro atoms. The molecule has 1 aliphatic rings. The first-order chi connectivity index (χ1) is 7.65. The Balaban J connectivity index is 0.00000144. The smallest absolute Gasteiger partial charge is 0.0246 e.